The summed E-state index contributed by atoms with van der Waals surface area (Å²) in [6.07, 6.45) is -0.0345. The quantitative estimate of drug-likeness (QED) is 0.322. The van der Waals surface area contributed by atoms with E-state index in [0.29, 0.717) is 6.56 Å². The van der Waals surface area contributed by atoms with Gasteiger partial charge in [-0.15, -0.1) is 0 Å². The predicted octanol–water partition coefficient (Wildman–Crippen LogP) is 8.13. The minimum absolute atomic E-state index is 0.179. The van der Waals surface area contributed by atoms with Gasteiger partial charge >= 0.3 is 201 Å². The molecule has 0 fully saturated rings. The molecule has 0 unspecified atom stereocenters. The second kappa shape index (κ2) is 9.41. The Kier molecular flexibility index (Phi) is 6.83. The Morgan fingerprint density at radius 2 is 1.03 bits per heavy atom. The van der Waals surface area contributed by atoms with Gasteiger partial charge in [-0.05, 0) is 0 Å². The van der Waals surface area contributed by atoms with Crippen molar-refractivity contribution in [2.45, 2.75) is 25.2 Å². The van der Waals surface area contributed by atoms with E-state index in [4.69, 9.17) is 5.63 Å². The molecule has 2 aliphatic rings. The molecule has 0 saturated carbocycles. The average Bonchev–Trinajstić information content (AvgIpc) is 3.49. The molecule has 0 N–H and O–H groups in total. The molecule has 0 saturated heterocycles. The van der Waals surface area contributed by atoms with E-state index in [1.54, 1.807) is 36.5 Å². The second-order valence-electron chi connectivity index (χ2n) is 7.75. The molecule has 35 heavy (non-hydrogen) atoms. The van der Waals surface area contributed by atoms with Gasteiger partial charge in [0.15, 0.2) is 0 Å². The van der Waals surface area contributed by atoms with Crippen molar-refractivity contribution in [1.82, 2.24) is 0 Å². The van der Waals surface area contributed by atoms with E-state index in [1.807, 2.05) is 0 Å². The third kappa shape index (κ3) is 5.29. The molecule has 0 bridgehead atoms. The van der Waals surface area contributed by atoms with E-state index < -0.39 is 67.8 Å². The first-order valence-corrected chi connectivity index (χ1v) is 14.7. The van der Waals surface area contributed by atoms with Crippen LogP contribution in [-0.4, -0.2) is 0 Å². The summed E-state index contributed by atoms with van der Waals surface area (Å²) in [6, 6.07) is 3.62. The van der Waals surface area contributed by atoms with Crippen molar-refractivity contribution in [1.29, 1.82) is 0 Å². The summed E-state index contributed by atoms with van der Waals surface area (Å²) < 4.78 is 123. The predicted molar refractivity (Wildman–Crippen MR) is 108 cm³/mol. The topological polar surface area (TPSA) is 18.5 Å². The molecule has 184 valence electrons. The summed E-state index contributed by atoms with van der Waals surface area (Å²) in [7, 11) is 0. The van der Waals surface area contributed by atoms with E-state index in [0.717, 1.165) is 24.3 Å². The van der Waals surface area contributed by atoms with Crippen LogP contribution >= 0.6 is 0 Å². The van der Waals surface area contributed by atoms with Crippen LogP contribution in [0.15, 0.2) is 79.4 Å². The molecular weight excluding hydrogens is 563 g/mol. The van der Waals surface area contributed by atoms with Gasteiger partial charge in [-0.25, -0.2) is 0 Å². The Balaban J connectivity index is 1.92. The Morgan fingerprint density at radius 1 is 0.629 bits per heavy atom. The van der Waals surface area contributed by atoms with Crippen molar-refractivity contribution < 1.29 is 61.9 Å². The molecule has 0 amide bonds. The molecule has 0 atom stereocenters. The summed E-state index contributed by atoms with van der Waals surface area (Å²) in [5.41, 5.74) is -2.84. The standard InChI is InChI=1S/2C7H4F4O.2C5H5.Zr/c2*8-4-1-2-6(12)5(3-4)7(9,10)11;2*1-2-4-5-3-1;/h2*1-3,12H;2*1-3H,4H2;/q;;;;+2/p-2. The molecule has 0 spiro atoms. The van der Waals surface area contributed by atoms with Crippen LogP contribution in [0.25, 0.3) is 0 Å². The third-order valence-electron chi connectivity index (χ3n) is 5.39. The molecule has 2 aromatic rings. The number of benzene rings is 2. The summed E-state index contributed by atoms with van der Waals surface area (Å²) in [5.74, 6) is -3.84. The van der Waals surface area contributed by atoms with Crippen molar-refractivity contribution in [3.63, 3.8) is 0 Å². The molecule has 11 heteroatoms. The molecule has 4 rings (SSSR count). The number of rotatable bonds is 6. The average molecular weight is 580 g/mol. The Hall–Kier alpha value is -2.68. The van der Waals surface area contributed by atoms with E-state index in [9.17, 15) is 35.1 Å². The van der Waals surface area contributed by atoms with E-state index >= 15 is 0 Å². The number of halogens is 8. The van der Waals surface area contributed by atoms with Crippen molar-refractivity contribution in [3.8, 4) is 11.5 Å². The van der Waals surface area contributed by atoms with E-state index in [2.05, 4.69) is 0 Å². The molecule has 0 radical (unpaired) electrons. The van der Waals surface area contributed by atoms with Gasteiger partial charge < -0.3 is 0 Å². The zero-order chi connectivity index (χ0) is 25.4. The van der Waals surface area contributed by atoms with Gasteiger partial charge in [0.25, 0.3) is 0 Å². The minimum atomic E-state index is -5.36. The van der Waals surface area contributed by atoms with Crippen LogP contribution in [0, 0.1) is 11.6 Å². The first-order chi connectivity index (χ1) is 16.4. The van der Waals surface area contributed by atoms with Crippen LogP contribution in [-0.2, 0) is 33.5 Å². The maximum absolute atomic E-state index is 13.7. The fourth-order valence-electron chi connectivity index (χ4n) is 3.81. The van der Waals surface area contributed by atoms with Crippen LogP contribution in [0.2, 0.25) is 0 Å². The summed E-state index contributed by atoms with van der Waals surface area (Å²) >= 11 is -5.36. The molecule has 0 heterocycles. The SMILES string of the molecule is Fc1ccc([O][Zr]([O]c2ccc(F)cc2C(F)(F)F)([C]2=CC=CC2)[C]2=CC=CC2)c(C(F)(F)F)c1. The fourth-order valence-corrected chi connectivity index (χ4v) is 12.1. The van der Waals surface area contributed by atoms with Gasteiger partial charge in [0, 0.05) is 0 Å². The third-order valence-corrected chi connectivity index (χ3v) is 13.9. The van der Waals surface area contributed by atoms with Crippen molar-refractivity contribution in [2.24, 2.45) is 0 Å². The van der Waals surface area contributed by atoms with E-state index in [-0.39, 0.29) is 25.0 Å². The van der Waals surface area contributed by atoms with Crippen LogP contribution in [0.1, 0.15) is 24.0 Å². The zero-order valence-corrected chi connectivity index (χ0v) is 20.1. The Morgan fingerprint density at radius 3 is 1.34 bits per heavy atom. The normalized spacial score (nSPS) is 15.9. The van der Waals surface area contributed by atoms with Crippen molar-refractivity contribution in [3.05, 3.63) is 102 Å². The number of allylic oxidation sites excluding steroid dienone is 8. The molecule has 2 aromatic carbocycles. The first-order valence-electron chi connectivity index (χ1n) is 10.2. The molecule has 0 aromatic heterocycles. The van der Waals surface area contributed by atoms with Crippen molar-refractivity contribution in [2.75, 3.05) is 0 Å². The van der Waals surface area contributed by atoms with Crippen LogP contribution in [0.3, 0.4) is 0 Å². The summed E-state index contributed by atoms with van der Waals surface area (Å²) in [6.45, 7) is 0. The number of hydrogen-bond acceptors (Lipinski definition) is 2. The zero-order valence-electron chi connectivity index (χ0n) is 17.7. The number of hydrogen-bond donors (Lipinski definition) is 0. The summed E-state index contributed by atoms with van der Waals surface area (Å²) in [4.78, 5) is 0. The van der Waals surface area contributed by atoms with Crippen LogP contribution < -0.4 is 5.63 Å². The van der Waals surface area contributed by atoms with Gasteiger partial charge in [0.05, 0.1) is 0 Å². The van der Waals surface area contributed by atoms with Crippen LogP contribution in [0.5, 0.6) is 11.5 Å². The van der Waals surface area contributed by atoms with Gasteiger partial charge in [-0.2, -0.15) is 0 Å². The summed E-state index contributed by atoms with van der Waals surface area (Å²) in [5, 5.41) is 0. The van der Waals surface area contributed by atoms with E-state index in [1.165, 1.54) is 0 Å². The van der Waals surface area contributed by atoms with Crippen molar-refractivity contribution >= 4 is 0 Å². The van der Waals surface area contributed by atoms with Gasteiger partial charge in [0.2, 0.25) is 0 Å². The first kappa shape index (κ1) is 25.4. The Labute approximate surface area is 200 Å². The van der Waals surface area contributed by atoms with Crippen LogP contribution in [0.4, 0.5) is 35.1 Å². The second-order valence-corrected chi connectivity index (χ2v) is 14.9. The monoisotopic (exact) mass is 578 g/mol. The fraction of sp³-hybridized carbons (Fsp3) is 0.167. The molecule has 2 nitrogen and oxygen atoms in total. The maximum atomic E-state index is 13.7. The van der Waals surface area contributed by atoms with Gasteiger partial charge in [0.1, 0.15) is 0 Å². The molecule has 2 aliphatic carbocycles. The van der Waals surface area contributed by atoms with Gasteiger partial charge in [-0.3, -0.25) is 0 Å². The molecule has 0 aliphatic heterocycles. The Bertz CT molecular complexity index is 1160. The molecular formula is C24H16F8O2Zr. The number of alkyl halides is 6. The van der Waals surface area contributed by atoms with Gasteiger partial charge in [-0.1, -0.05) is 0 Å².